The molecule has 0 amide bonds. The van der Waals surface area contributed by atoms with Gasteiger partial charge in [0.2, 0.25) is 5.95 Å². The Bertz CT molecular complexity index is 386. The Hall–Kier alpha value is -1.25. The Morgan fingerprint density at radius 2 is 2.17 bits per heavy atom. The van der Waals surface area contributed by atoms with Crippen molar-refractivity contribution in [3.05, 3.63) is 24.5 Å². The van der Waals surface area contributed by atoms with E-state index in [0.717, 1.165) is 24.1 Å². The summed E-state index contributed by atoms with van der Waals surface area (Å²) in [4.78, 5) is 4.57. The summed E-state index contributed by atoms with van der Waals surface area (Å²) in [5.41, 5.74) is 1.10. The number of imidazole rings is 1. The van der Waals surface area contributed by atoms with E-state index in [-0.39, 0.29) is 0 Å². The summed E-state index contributed by atoms with van der Waals surface area (Å²) < 4.78 is 2.34. The van der Waals surface area contributed by atoms with Crippen LogP contribution >= 0.6 is 0 Å². The van der Waals surface area contributed by atoms with Crippen molar-refractivity contribution in [2.75, 3.05) is 11.9 Å². The van der Waals surface area contributed by atoms with Crippen molar-refractivity contribution in [2.24, 2.45) is 5.92 Å². The first-order valence-corrected chi connectivity index (χ1v) is 7.14. The molecule has 1 fully saturated rings. The van der Waals surface area contributed by atoms with E-state index in [9.17, 15) is 0 Å². The van der Waals surface area contributed by atoms with E-state index < -0.39 is 0 Å². The van der Waals surface area contributed by atoms with Gasteiger partial charge in [-0.25, -0.2) is 4.98 Å². The van der Waals surface area contributed by atoms with Crippen molar-refractivity contribution in [2.45, 2.75) is 52.0 Å². The van der Waals surface area contributed by atoms with E-state index in [4.69, 9.17) is 0 Å². The lowest BCUT2D eigenvalue weighted by molar-refractivity contribution is 0.271. The minimum absolute atomic E-state index is 0.626. The van der Waals surface area contributed by atoms with Gasteiger partial charge in [0.15, 0.2) is 0 Å². The van der Waals surface area contributed by atoms with E-state index in [1.807, 2.05) is 6.08 Å². The highest BCUT2D eigenvalue weighted by molar-refractivity contribution is 5.30. The van der Waals surface area contributed by atoms with E-state index >= 15 is 0 Å². The zero-order chi connectivity index (χ0) is 13.0. The number of nitrogens with zero attached hydrogens (tertiary/aromatic N) is 2. The third kappa shape index (κ3) is 2.95. The number of rotatable bonds is 5. The molecule has 0 unspecified atom stereocenters. The van der Waals surface area contributed by atoms with Gasteiger partial charge in [-0.15, -0.1) is 6.58 Å². The molecule has 1 heterocycles. The average Bonchev–Trinajstić information content (AvgIpc) is 2.77. The first-order valence-electron chi connectivity index (χ1n) is 7.14. The first kappa shape index (κ1) is 13.2. The van der Waals surface area contributed by atoms with Gasteiger partial charge in [-0.05, 0) is 38.5 Å². The predicted molar refractivity (Wildman–Crippen MR) is 76.9 cm³/mol. The lowest BCUT2D eigenvalue weighted by Crippen LogP contribution is -2.19. The molecule has 1 aliphatic carbocycles. The maximum Gasteiger partial charge on any atom is 0.203 e. The fraction of sp³-hybridized carbons (Fsp3) is 0.667. The second kappa shape index (κ2) is 6.07. The smallest absolute Gasteiger partial charge is 0.203 e. The Kier molecular flexibility index (Phi) is 4.45. The van der Waals surface area contributed by atoms with Crippen molar-refractivity contribution < 1.29 is 0 Å². The van der Waals surface area contributed by atoms with Crippen LogP contribution in [0, 0.1) is 12.8 Å². The molecule has 0 bridgehead atoms. The SMILES string of the molecule is C=CCNc1nc(C)cn1C1CCC(CC)CC1. The number of anilines is 1. The standard InChI is InChI=1S/C15H25N3/c1-4-10-16-15-17-12(3)11-18(15)14-8-6-13(5-2)7-9-14/h4,11,13-14H,1,5-10H2,2-3H3,(H,16,17). The summed E-state index contributed by atoms with van der Waals surface area (Å²) in [6.45, 7) is 8.90. The fourth-order valence-electron chi connectivity index (χ4n) is 2.92. The van der Waals surface area contributed by atoms with Gasteiger partial charge >= 0.3 is 0 Å². The Labute approximate surface area is 110 Å². The van der Waals surface area contributed by atoms with Crippen LogP contribution in [0.25, 0.3) is 0 Å². The Morgan fingerprint density at radius 3 is 2.78 bits per heavy atom. The van der Waals surface area contributed by atoms with Crippen LogP contribution in [0.3, 0.4) is 0 Å². The number of hydrogen-bond acceptors (Lipinski definition) is 2. The lowest BCUT2D eigenvalue weighted by Gasteiger charge is -2.29. The fourth-order valence-corrected chi connectivity index (χ4v) is 2.92. The topological polar surface area (TPSA) is 29.9 Å². The molecule has 2 rings (SSSR count). The van der Waals surface area contributed by atoms with Crippen LogP contribution in [-0.4, -0.2) is 16.1 Å². The summed E-state index contributed by atoms with van der Waals surface area (Å²) in [6.07, 6.45) is 10.7. The summed E-state index contributed by atoms with van der Waals surface area (Å²) in [7, 11) is 0. The molecule has 0 aromatic carbocycles. The van der Waals surface area contributed by atoms with Gasteiger partial charge in [0, 0.05) is 18.8 Å². The molecular formula is C15H25N3. The van der Waals surface area contributed by atoms with Crippen molar-refractivity contribution in [1.29, 1.82) is 0 Å². The van der Waals surface area contributed by atoms with Crippen LogP contribution in [-0.2, 0) is 0 Å². The lowest BCUT2D eigenvalue weighted by atomic mass is 9.84. The molecule has 0 saturated heterocycles. The average molecular weight is 247 g/mol. The molecule has 1 aromatic heterocycles. The third-order valence-electron chi connectivity index (χ3n) is 4.04. The molecule has 3 nitrogen and oxygen atoms in total. The van der Waals surface area contributed by atoms with Crippen LogP contribution in [0.2, 0.25) is 0 Å². The molecule has 0 aliphatic heterocycles. The van der Waals surface area contributed by atoms with Crippen LogP contribution in [0.5, 0.6) is 0 Å². The molecule has 1 aliphatic rings. The zero-order valence-electron chi connectivity index (χ0n) is 11.7. The maximum absolute atomic E-state index is 4.57. The highest BCUT2D eigenvalue weighted by atomic mass is 15.2. The maximum atomic E-state index is 4.57. The second-order valence-electron chi connectivity index (χ2n) is 5.37. The monoisotopic (exact) mass is 247 g/mol. The van der Waals surface area contributed by atoms with Gasteiger partial charge in [-0.2, -0.15) is 0 Å². The van der Waals surface area contributed by atoms with E-state index in [1.165, 1.54) is 32.1 Å². The van der Waals surface area contributed by atoms with Crippen molar-refractivity contribution >= 4 is 5.95 Å². The predicted octanol–water partition coefficient (Wildman–Crippen LogP) is 3.93. The van der Waals surface area contributed by atoms with Crippen molar-refractivity contribution in [3.63, 3.8) is 0 Å². The van der Waals surface area contributed by atoms with Gasteiger partial charge in [0.25, 0.3) is 0 Å². The normalized spacial score (nSPS) is 23.9. The van der Waals surface area contributed by atoms with Crippen molar-refractivity contribution in [3.8, 4) is 0 Å². The van der Waals surface area contributed by atoms with Gasteiger partial charge in [0.1, 0.15) is 0 Å². The molecule has 0 atom stereocenters. The minimum atomic E-state index is 0.626. The third-order valence-corrected chi connectivity index (χ3v) is 4.04. The summed E-state index contributed by atoms with van der Waals surface area (Å²) in [6, 6.07) is 0.626. The molecule has 0 radical (unpaired) electrons. The van der Waals surface area contributed by atoms with Gasteiger partial charge in [-0.1, -0.05) is 19.4 Å². The Balaban J connectivity index is 2.05. The highest BCUT2D eigenvalue weighted by Gasteiger charge is 2.23. The summed E-state index contributed by atoms with van der Waals surface area (Å²) in [5.74, 6) is 1.95. The number of aromatic nitrogens is 2. The molecule has 1 N–H and O–H groups in total. The van der Waals surface area contributed by atoms with E-state index in [0.29, 0.717) is 6.04 Å². The van der Waals surface area contributed by atoms with E-state index in [1.54, 1.807) is 0 Å². The first-order chi connectivity index (χ1) is 8.74. The zero-order valence-corrected chi connectivity index (χ0v) is 11.7. The minimum Gasteiger partial charge on any atom is -0.352 e. The molecule has 1 saturated carbocycles. The molecule has 100 valence electrons. The quantitative estimate of drug-likeness (QED) is 0.799. The second-order valence-corrected chi connectivity index (χ2v) is 5.37. The van der Waals surface area contributed by atoms with Crippen molar-refractivity contribution in [1.82, 2.24) is 9.55 Å². The van der Waals surface area contributed by atoms with Gasteiger partial charge < -0.3 is 9.88 Å². The Morgan fingerprint density at radius 1 is 1.44 bits per heavy atom. The molecule has 1 aromatic rings. The molecule has 3 heteroatoms. The molecule has 0 spiro atoms. The van der Waals surface area contributed by atoms with Gasteiger partial charge in [0.05, 0.1) is 5.69 Å². The number of aryl methyl sites for hydroxylation is 1. The van der Waals surface area contributed by atoms with Gasteiger partial charge in [-0.3, -0.25) is 0 Å². The number of nitrogens with one attached hydrogen (secondary N) is 1. The number of hydrogen-bond donors (Lipinski definition) is 1. The van der Waals surface area contributed by atoms with Crippen LogP contribution in [0.1, 0.15) is 50.8 Å². The summed E-state index contributed by atoms with van der Waals surface area (Å²) >= 11 is 0. The van der Waals surface area contributed by atoms with Crippen LogP contribution in [0.4, 0.5) is 5.95 Å². The van der Waals surface area contributed by atoms with E-state index in [2.05, 4.69) is 41.5 Å². The van der Waals surface area contributed by atoms with Crippen LogP contribution in [0.15, 0.2) is 18.9 Å². The molecule has 18 heavy (non-hydrogen) atoms. The molecular weight excluding hydrogens is 222 g/mol. The highest BCUT2D eigenvalue weighted by Crippen LogP contribution is 2.35. The summed E-state index contributed by atoms with van der Waals surface area (Å²) in [5, 5.41) is 3.34. The van der Waals surface area contributed by atoms with Crippen LogP contribution < -0.4 is 5.32 Å². The largest absolute Gasteiger partial charge is 0.352 e.